The Kier molecular flexibility index (Phi) is 3.99. The zero-order valence-corrected chi connectivity index (χ0v) is 12.7. The fourth-order valence-electron chi connectivity index (χ4n) is 2.50. The summed E-state index contributed by atoms with van der Waals surface area (Å²) in [6, 6.07) is 1.50. The molecule has 1 atom stereocenters. The quantitative estimate of drug-likeness (QED) is 0.921. The van der Waals surface area contributed by atoms with Crippen LogP contribution in [0, 0.1) is 0 Å². The Morgan fingerprint density at radius 1 is 1.47 bits per heavy atom. The molecule has 1 aliphatic rings. The number of hydrogen-bond acceptors (Lipinski definition) is 2. The number of likely N-dealkylation sites (tertiary alicyclic amines) is 1. The Labute approximate surface area is 120 Å². The molecule has 19 heavy (non-hydrogen) atoms. The Morgan fingerprint density at radius 2 is 2.16 bits per heavy atom. The van der Waals surface area contributed by atoms with Crippen molar-refractivity contribution in [3.05, 3.63) is 22.4 Å². The van der Waals surface area contributed by atoms with E-state index in [1.807, 2.05) is 24.6 Å². The molecule has 1 aromatic rings. The normalized spacial score (nSPS) is 19.2. The van der Waals surface area contributed by atoms with Crippen LogP contribution in [0.15, 0.2) is 16.7 Å². The van der Waals surface area contributed by atoms with Gasteiger partial charge >= 0.3 is 0 Å². The highest BCUT2D eigenvalue weighted by Gasteiger charge is 2.34. The van der Waals surface area contributed by atoms with E-state index in [9.17, 15) is 9.59 Å². The molecular weight excluding hydrogens is 310 g/mol. The van der Waals surface area contributed by atoms with Gasteiger partial charge in [0.15, 0.2) is 0 Å². The van der Waals surface area contributed by atoms with Gasteiger partial charge in [-0.25, -0.2) is 0 Å². The predicted molar refractivity (Wildman–Crippen MR) is 75.8 cm³/mol. The molecule has 0 spiro atoms. The van der Waals surface area contributed by atoms with Crippen molar-refractivity contribution in [2.24, 2.45) is 5.73 Å². The molecule has 2 rings (SSSR count). The van der Waals surface area contributed by atoms with E-state index in [0.717, 1.165) is 10.9 Å². The van der Waals surface area contributed by atoms with Crippen molar-refractivity contribution in [1.82, 2.24) is 9.47 Å². The van der Waals surface area contributed by atoms with Crippen LogP contribution < -0.4 is 5.73 Å². The molecule has 1 fully saturated rings. The van der Waals surface area contributed by atoms with Gasteiger partial charge in [0.05, 0.1) is 0 Å². The third kappa shape index (κ3) is 2.68. The van der Waals surface area contributed by atoms with Crippen LogP contribution in [0.5, 0.6) is 0 Å². The summed E-state index contributed by atoms with van der Waals surface area (Å²) in [5.74, 6) is -0.548. The molecule has 0 aromatic carbocycles. The van der Waals surface area contributed by atoms with E-state index in [4.69, 9.17) is 5.73 Å². The highest BCUT2D eigenvalue weighted by Crippen LogP contribution is 2.24. The molecule has 104 valence electrons. The number of halogens is 1. The molecule has 0 aliphatic carbocycles. The summed E-state index contributed by atoms with van der Waals surface area (Å²) in [6.45, 7) is 4.62. The average molecular weight is 328 g/mol. The zero-order valence-electron chi connectivity index (χ0n) is 11.1. The van der Waals surface area contributed by atoms with E-state index in [1.165, 1.54) is 0 Å². The van der Waals surface area contributed by atoms with Gasteiger partial charge in [-0.3, -0.25) is 9.59 Å². The van der Waals surface area contributed by atoms with Gasteiger partial charge in [0.25, 0.3) is 5.91 Å². The zero-order chi connectivity index (χ0) is 14.2. The van der Waals surface area contributed by atoms with Crippen LogP contribution in [0.1, 0.15) is 43.2 Å². The van der Waals surface area contributed by atoms with Crippen LogP contribution in [0.25, 0.3) is 0 Å². The number of carbonyl (C=O) groups is 2. The summed E-state index contributed by atoms with van der Waals surface area (Å²) in [5.41, 5.74) is 5.95. The maximum Gasteiger partial charge on any atom is 0.271 e. The van der Waals surface area contributed by atoms with E-state index < -0.39 is 11.9 Å². The molecule has 2 amide bonds. The maximum absolute atomic E-state index is 12.6. The minimum atomic E-state index is -0.471. The number of rotatable bonds is 3. The third-order valence-corrected chi connectivity index (χ3v) is 3.87. The summed E-state index contributed by atoms with van der Waals surface area (Å²) in [4.78, 5) is 25.5. The SMILES string of the molecule is CC(C)n1cc(Br)cc1C(=O)N1CCCC1C(N)=O. The molecule has 1 aromatic heterocycles. The summed E-state index contributed by atoms with van der Waals surface area (Å²) in [6.07, 6.45) is 3.36. The second kappa shape index (κ2) is 5.36. The Bertz CT molecular complexity index is 510. The number of nitrogens with two attached hydrogens (primary N) is 1. The third-order valence-electron chi connectivity index (χ3n) is 3.43. The lowest BCUT2D eigenvalue weighted by Crippen LogP contribution is -2.44. The largest absolute Gasteiger partial charge is 0.368 e. The van der Waals surface area contributed by atoms with Crippen LogP contribution in [0.3, 0.4) is 0 Å². The fourth-order valence-corrected chi connectivity index (χ4v) is 2.93. The molecule has 0 bridgehead atoms. The van der Waals surface area contributed by atoms with Crippen molar-refractivity contribution in [3.8, 4) is 0 Å². The Hall–Kier alpha value is -1.30. The minimum absolute atomic E-state index is 0.124. The number of aromatic nitrogens is 1. The van der Waals surface area contributed by atoms with Crippen LogP contribution >= 0.6 is 15.9 Å². The standard InChI is InChI=1S/C13H18BrN3O2/c1-8(2)17-7-9(14)6-11(17)13(19)16-5-3-4-10(16)12(15)18/h6-8,10H,3-5H2,1-2H3,(H2,15,18). The van der Waals surface area contributed by atoms with E-state index in [2.05, 4.69) is 15.9 Å². The van der Waals surface area contributed by atoms with Crippen molar-refractivity contribution in [2.45, 2.75) is 38.8 Å². The van der Waals surface area contributed by atoms with Crippen LogP contribution in [-0.4, -0.2) is 33.9 Å². The lowest BCUT2D eigenvalue weighted by atomic mass is 10.2. The molecular formula is C13H18BrN3O2. The Morgan fingerprint density at radius 3 is 2.74 bits per heavy atom. The van der Waals surface area contributed by atoms with Gasteiger partial charge in [0, 0.05) is 23.3 Å². The number of carbonyl (C=O) groups excluding carboxylic acids is 2. The van der Waals surface area contributed by atoms with Crippen LogP contribution in [0.4, 0.5) is 0 Å². The average Bonchev–Trinajstić information content (AvgIpc) is 2.93. The second-order valence-corrected chi connectivity index (χ2v) is 6.02. The molecule has 5 nitrogen and oxygen atoms in total. The van der Waals surface area contributed by atoms with Gasteiger partial charge < -0.3 is 15.2 Å². The molecule has 1 unspecified atom stereocenters. The first-order chi connectivity index (χ1) is 8.91. The van der Waals surface area contributed by atoms with Gasteiger partial charge in [-0.1, -0.05) is 0 Å². The number of hydrogen-bond donors (Lipinski definition) is 1. The first kappa shape index (κ1) is 14.1. The molecule has 0 saturated carbocycles. The topological polar surface area (TPSA) is 68.3 Å². The fraction of sp³-hybridized carbons (Fsp3) is 0.538. The number of nitrogens with zero attached hydrogens (tertiary/aromatic N) is 2. The van der Waals surface area contributed by atoms with Crippen molar-refractivity contribution in [3.63, 3.8) is 0 Å². The molecule has 6 heteroatoms. The molecule has 1 saturated heterocycles. The van der Waals surface area contributed by atoms with E-state index in [1.54, 1.807) is 11.0 Å². The van der Waals surface area contributed by atoms with Crippen molar-refractivity contribution in [2.75, 3.05) is 6.54 Å². The van der Waals surface area contributed by atoms with E-state index >= 15 is 0 Å². The van der Waals surface area contributed by atoms with Gasteiger partial charge in [0.2, 0.25) is 5.91 Å². The molecule has 2 N–H and O–H groups in total. The maximum atomic E-state index is 12.6. The lowest BCUT2D eigenvalue weighted by Gasteiger charge is -2.23. The van der Waals surface area contributed by atoms with E-state index in [0.29, 0.717) is 18.7 Å². The Balaban J connectivity index is 2.31. The minimum Gasteiger partial charge on any atom is -0.368 e. The highest BCUT2D eigenvalue weighted by atomic mass is 79.9. The van der Waals surface area contributed by atoms with E-state index in [-0.39, 0.29) is 11.9 Å². The second-order valence-electron chi connectivity index (χ2n) is 5.10. The molecule has 2 heterocycles. The van der Waals surface area contributed by atoms with Gasteiger partial charge in [-0.2, -0.15) is 0 Å². The molecule has 0 radical (unpaired) electrons. The van der Waals surface area contributed by atoms with Crippen molar-refractivity contribution in [1.29, 1.82) is 0 Å². The smallest absolute Gasteiger partial charge is 0.271 e. The summed E-state index contributed by atoms with van der Waals surface area (Å²) in [7, 11) is 0. The molecule has 1 aliphatic heterocycles. The number of amides is 2. The highest BCUT2D eigenvalue weighted by molar-refractivity contribution is 9.10. The van der Waals surface area contributed by atoms with Gasteiger partial charge in [-0.15, -0.1) is 0 Å². The first-order valence-electron chi connectivity index (χ1n) is 6.39. The summed E-state index contributed by atoms with van der Waals surface area (Å²) < 4.78 is 2.77. The van der Waals surface area contributed by atoms with Crippen molar-refractivity contribution < 1.29 is 9.59 Å². The van der Waals surface area contributed by atoms with Crippen LogP contribution in [0.2, 0.25) is 0 Å². The predicted octanol–water partition coefficient (Wildman–Crippen LogP) is 1.92. The van der Waals surface area contributed by atoms with Gasteiger partial charge in [0.1, 0.15) is 11.7 Å². The monoisotopic (exact) mass is 327 g/mol. The van der Waals surface area contributed by atoms with Gasteiger partial charge in [-0.05, 0) is 48.7 Å². The van der Waals surface area contributed by atoms with Crippen LogP contribution in [-0.2, 0) is 4.79 Å². The first-order valence-corrected chi connectivity index (χ1v) is 7.18. The summed E-state index contributed by atoms with van der Waals surface area (Å²) >= 11 is 3.39. The summed E-state index contributed by atoms with van der Waals surface area (Å²) in [5, 5.41) is 0. The lowest BCUT2D eigenvalue weighted by molar-refractivity contribution is -0.121. The number of primary amides is 1. The van der Waals surface area contributed by atoms with Crippen molar-refractivity contribution >= 4 is 27.7 Å².